The summed E-state index contributed by atoms with van der Waals surface area (Å²) in [6.07, 6.45) is 1.84. The Morgan fingerprint density at radius 3 is 2.41 bits per heavy atom. The molecule has 22 heavy (non-hydrogen) atoms. The fourth-order valence-electron chi connectivity index (χ4n) is 2.09. The van der Waals surface area contributed by atoms with E-state index in [-0.39, 0.29) is 5.91 Å². The molecule has 7 heteroatoms. The molecule has 0 bridgehead atoms. The van der Waals surface area contributed by atoms with Crippen LogP contribution in [0, 0.1) is 6.92 Å². The van der Waals surface area contributed by atoms with E-state index in [2.05, 4.69) is 34.5 Å². The van der Waals surface area contributed by atoms with Crippen molar-refractivity contribution in [1.82, 2.24) is 20.3 Å². The van der Waals surface area contributed by atoms with Crippen molar-refractivity contribution in [2.24, 2.45) is 0 Å². The quantitative estimate of drug-likeness (QED) is 0.846. The van der Waals surface area contributed by atoms with E-state index in [0.29, 0.717) is 23.1 Å². The van der Waals surface area contributed by atoms with Gasteiger partial charge >= 0.3 is 0 Å². The molecule has 0 aliphatic rings. The number of rotatable bonds is 7. The number of amides is 1. The van der Waals surface area contributed by atoms with Crippen LogP contribution in [0.1, 0.15) is 42.9 Å². The van der Waals surface area contributed by atoms with Crippen LogP contribution in [-0.2, 0) is 0 Å². The monoisotopic (exact) mass is 303 g/mol. The molecular formula is C15H21N5O2. The first-order chi connectivity index (χ1) is 10.6. The molecule has 0 fully saturated rings. The van der Waals surface area contributed by atoms with Gasteiger partial charge in [0.05, 0.1) is 0 Å². The van der Waals surface area contributed by atoms with E-state index in [9.17, 15) is 4.79 Å². The molecule has 0 aliphatic carbocycles. The molecule has 0 unspecified atom stereocenters. The molecule has 0 atom stereocenters. The van der Waals surface area contributed by atoms with Gasteiger partial charge < -0.3 is 14.7 Å². The molecule has 118 valence electrons. The summed E-state index contributed by atoms with van der Waals surface area (Å²) >= 11 is 0. The van der Waals surface area contributed by atoms with Gasteiger partial charge in [-0.3, -0.25) is 4.79 Å². The number of anilines is 2. The number of nitrogens with zero attached hydrogens (tertiary/aromatic N) is 4. The Morgan fingerprint density at radius 2 is 1.91 bits per heavy atom. The Kier molecular flexibility index (Phi) is 5.46. The van der Waals surface area contributed by atoms with Crippen LogP contribution in [0.4, 0.5) is 11.6 Å². The molecule has 2 aromatic rings. The smallest absolute Gasteiger partial charge is 0.274 e. The Labute approximate surface area is 129 Å². The third-order valence-corrected chi connectivity index (χ3v) is 3.04. The van der Waals surface area contributed by atoms with Gasteiger partial charge in [-0.15, -0.1) is 10.2 Å². The van der Waals surface area contributed by atoms with E-state index in [4.69, 9.17) is 4.52 Å². The molecule has 1 amide bonds. The van der Waals surface area contributed by atoms with Crippen LogP contribution < -0.4 is 5.32 Å². The molecule has 0 aliphatic heterocycles. The summed E-state index contributed by atoms with van der Waals surface area (Å²) in [5, 5.41) is 14.8. The topological polar surface area (TPSA) is 84.2 Å². The second kappa shape index (κ2) is 7.53. The van der Waals surface area contributed by atoms with Gasteiger partial charge in [-0.1, -0.05) is 19.0 Å². The van der Waals surface area contributed by atoms with E-state index < -0.39 is 0 Å². The molecule has 7 nitrogen and oxygen atoms in total. The minimum absolute atomic E-state index is 0.0833. The maximum absolute atomic E-state index is 12.4. The van der Waals surface area contributed by atoms with E-state index in [0.717, 1.165) is 25.9 Å². The summed E-state index contributed by atoms with van der Waals surface area (Å²) in [4.78, 5) is 14.2. The van der Waals surface area contributed by atoms with E-state index in [1.165, 1.54) is 0 Å². The Balaban J connectivity index is 2.05. The Hall–Kier alpha value is -2.44. The second-order valence-corrected chi connectivity index (χ2v) is 5.04. The number of carbonyl (C=O) groups is 1. The van der Waals surface area contributed by atoms with Gasteiger partial charge in [-0.25, -0.2) is 0 Å². The number of aromatic nitrogens is 3. The summed E-state index contributed by atoms with van der Waals surface area (Å²) in [5.41, 5.74) is 0.351. The summed E-state index contributed by atoms with van der Waals surface area (Å²) in [7, 11) is 0. The largest absolute Gasteiger partial charge is 0.360 e. The first-order valence-corrected chi connectivity index (χ1v) is 7.47. The minimum Gasteiger partial charge on any atom is -0.360 e. The van der Waals surface area contributed by atoms with Crippen molar-refractivity contribution in [3.63, 3.8) is 0 Å². The molecule has 0 saturated carbocycles. The average molecular weight is 303 g/mol. The highest BCUT2D eigenvalue weighted by molar-refractivity contribution is 5.92. The lowest BCUT2D eigenvalue weighted by atomic mass is 10.3. The predicted molar refractivity (Wildman–Crippen MR) is 83.0 cm³/mol. The van der Waals surface area contributed by atoms with Crippen LogP contribution >= 0.6 is 0 Å². The molecule has 1 N–H and O–H groups in total. The lowest BCUT2D eigenvalue weighted by molar-refractivity contribution is 0.0748. The third kappa shape index (κ3) is 4.03. The zero-order chi connectivity index (χ0) is 15.9. The number of carbonyl (C=O) groups excluding carboxylic acids is 1. The van der Waals surface area contributed by atoms with Gasteiger partial charge in [0.1, 0.15) is 5.76 Å². The normalized spacial score (nSPS) is 10.5. The predicted octanol–water partition coefficient (Wildman–Crippen LogP) is 2.78. The van der Waals surface area contributed by atoms with Gasteiger partial charge in [0.25, 0.3) is 5.91 Å². The lowest BCUT2D eigenvalue weighted by Gasteiger charge is -2.20. The highest BCUT2D eigenvalue weighted by atomic mass is 16.5. The second-order valence-electron chi connectivity index (χ2n) is 5.04. The summed E-state index contributed by atoms with van der Waals surface area (Å²) in [6.45, 7) is 7.36. The zero-order valence-corrected chi connectivity index (χ0v) is 13.2. The van der Waals surface area contributed by atoms with Crippen LogP contribution in [0.5, 0.6) is 0 Å². The first kappa shape index (κ1) is 15.9. The summed E-state index contributed by atoms with van der Waals surface area (Å²) in [5.74, 6) is 1.70. The molecule has 2 rings (SSSR count). The number of nitrogens with one attached hydrogen (secondary N) is 1. The average Bonchev–Trinajstić information content (AvgIpc) is 2.92. The highest BCUT2D eigenvalue weighted by Crippen LogP contribution is 2.14. The van der Waals surface area contributed by atoms with Gasteiger partial charge in [0, 0.05) is 19.2 Å². The Bertz CT molecular complexity index is 603. The van der Waals surface area contributed by atoms with Crippen molar-refractivity contribution >= 4 is 17.5 Å². The Morgan fingerprint density at radius 1 is 1.18 bits per heavy atom. The van der Waals surface area contributed by atoms with E-state index in [1.807, 2.05) is 6.92 Å². The van der Waals surface area contributed by atoms with Crippen LogP contribution in [-0.4, -0.2) is 39.3 Å². The van der Waals surface area contributed by atoms with Crippen molar-refractivity contribution in [3.8, 4) is 0 Å². The summed E-state index contributed by atoms with van der Waals surface area (Å²) < 4.78 is 4.96. The van der Waals surface area contributed by atoms with Gasteiger partial charge in [0.15, 0.2) is 17.3 Å². The summed E-state index contributed by atoms with van der Waals surface area (Å²) in [6, 6.07) is 5.13. The van der Waals surface area contributed by atoms with E-state index in [1.54, 1.807) is 23.1 Å². The van der Waals surface area contributed by atoms with Crippen molar-refractivity contribution in [1.29, 1.82) is 0 Å². The van der Waals surface area contributed by atoms with Crippen LogP contribution in [0.25, 0.3) is 0 Å². The molecule has 0 radical (unpaired) electrons. The maximum atomic E-state index is 12.4. The first-order valence-electron chi connectivity index (χ1n) is 7.47. The number of hydrogen-bond donors (Lipinski definition) is 1. The van der Waals surface area contributed by atoms with Crippen LogP contribution in [0.15, 0.2) is 22.7 Å². The molecule has 0 saturated heterocycles. The number of hydrogen-bond acceptors (Lipinski definition) is 6. The zero-order valence-electron chi connectivity index (χ0n) is 13.2. The number of aryl methyl sites for hydroxylation is 1. The van der Waals surface area contributed by atoms with Gasteiger partial charge in [-0.2, -0.15) is 0 Å². The SMILES string of the molecule is CCCN(CCC)C(=O)c1ccc(Nc2cc(C)on2)nn1. The lowest BCUT2D eigenvalue weighted by Crippen LogP contribution is -2.33. The molecule has 2 heterocycles. The van der Waals surface area contributed by atoms with Crippen molar-refractivity contribution in [2.75, 3.05) is 18.4 Å². The molecule has 0 aromatic carbocycles. The van der Waals surface area contributed by atoms with Gasteiger partial charge in [-0.05, 0) is 31.9 Å². The standard InChI is InChI=1S/C15H21N5O2/c1-4-8-20(9-5-2)15(21)12-6-7-13(18-17-12)16-14-10-11(3)22-19-14/h6-7,10H,4-5,8-9H2,1-3H3,(H,16,18,19). The van der Waals surface area contributed by atoms with Gasteiger partial charge in [0.2, 0.25) is 0 Å². The van der Waals surface area contributed by atoms with Crippen LogP contribution in [0.3, 0.4) is 0 Å². The highest BCUT2D eigenvalue weighted by Gasteiger charge is 2.16. The van der Waals surface area contributed by atoms with Crippen molar-refractivity contribution in [3.05, 3.63) is 29.7 Å². The van der Waals surface area contributed by atoms with Crippen molar-refractivity contribution < 1.29 is 9.32 Å². The van der Waals surface area contributed by atoms with Crippen LogP contribution in [0.2, 0.25) is 0 Å². The molecule has 2 aromatic heterocycles. The maximum Gasteiger partial charge on any atom is 0.274 e. The molecular weight excluding hydrogens is 282 g/mol. The van der Waals surface area contributed by atoms with Crippen molar-refractivity contribution in [2.45, 2.75) is 33.6 Å². The van der Waals surface area contributed by atoms with E-state index >= 15 is 0 Å². The third-order valence-electron chi connectivity index (χ3n) is 3.04. The fraction of sp³-hybridized carbons (Fsp3) is 0.467. The molecule has 0 spiro atoms. The minimum atomic E-state index is -0.0833. The fourth-order valence-corrected chi connectivity index (χ4v) is 2.09.